The zero-order valence-corrected chi connectivity index (χ0v) is 13.0. The van der Waals surface area contributed by atoms with Crippen molar-refractivity contribution in [2.75, 3.05) is 19.6 Å². The summed E-state index contributed by atoms with van der Waals surface area (Å²) in [4.78, 5) is 6.77. The molecule has 1 saturated heterocycles. The van der Waals surface area contributed by atoms with Gasteiger partial charge in [0.2, 0.25) is 0 Å². The van der Waals surface area contributed by atoms with Crippen molar-refractivity contribution in [1.29, 1.82) is 0 Å². The van der Waals surface area contributed by atoms with Gasteiger partial charge < -0.3 is 10.1 Å². The van der Waals surface area contributed by atoms with E-state index in [0.717, 1.165) is 37.6 Å². The van der Waals surface area contributed by atoms with E-state index in [0.29, 0.717) is 12.6 Å². The lowest BCUT2D eigenvalue weighted by Gasteiger charge is -2.33. The fourth-order valence-corrected chi connectivity index (χ4v) is 2.68. The maximum absolute atomic E-state index is 5.77. The minimum absolute atomic E-state index is 0.509. The molecule has 1 N–H and O–H groups in total. The third-order valence-corrected chi connectivity index (χ3v) is 4.06. The van der Waals surface area contributed by atoms with Gasteiger partial charge in [-0.2, -0.15) is 0 Å². The minimum atomic E-state index is 0.509. The van der Waals surface area contributed by atoms with Crippen LogP contribution >= 0.6 is 0 Å². The quantitative estimate of drug-likeness (QED) is 0.920. The molecule has 0 amide bonds. The average molecular weight is 297 g/mol. The van der Waals surface area contributed by atoms with Crippen LogP contribution < -0.4 is 10.1 Å². The molecule has 2 heterocycles. The first-order chi connectivity index (χ1) is 10.8. The molecule has 22 heavy (non-hydrogen) atoms. The van der Waals surface area contributed by atoms with Crippen molar-refractivity contribution in [3.05, 3.63) is 59.9 Å². The number of rotatable bonds is 5. The van der Waals surface area contributed by atoms with Gasteiger partial charge >= 0.3 is 0 Å². The Labute approximate surface area is 132 Å². The Bertz CT molecular complexity index is 571. The topological polar surface area (TPSA) is 37.4 Å². The summed E-state index contributed by atoms with van der Waals surface area (Å²) in [6, 6.07) is 14.9. The second-order valence-corrected chi connectivity index (χ2v) is 5.78. The molecule has 1 aliphatic heterocycles. The van der Waals surface area contributed by atoms with Crippen LogP contribution in [0.4, 0.5) is 0 Å². The van der Waals surface area contributed by atoms with Gasteiger partial charge in [-0.25, -0.2) is 0 Å². The van der Waals surface area contributed by atoms with Crippen molar-refractivity contribution in [2.24, 2.45) is 0 Å². The monoisotopic (exact) mass is 297 g/mol. The van der Waals surface area contributed by atoms with Gasteiger partial charge in [0.25, 0.3) is 0 Å². The number of nitrogens with one attached hydrogen (secondary N) is 1. The Balaban J connectivity index is 1.53. The van der Waals surface area contributed by atoms with Gasteiger partial charge in [-0.05, 0) is 36.8 Å². The van der Waals surface area contributed by atoms with E-state index in [1.807, 2.05) is 30.3 Å². The standard InChI is InChI=1S/C18H23N3O/c1-15-12-19-10-11-21(15)13-16-5-7-18(8-6-16)22-14-17-4-2-3-9-20-17/h2-9,15,19H,10-14H2,1H3/t15-/m0/s1. The van der Waals surface area contributed by atoms with Gasteiger partial charge in [-0.3, -0.25) is 9.88 Å². The van der Waals surface area contributed by atoms with Gasteiger partial charge in [0.15, 0.2) is 0 Å². The highest BCUT2D eigenvalue weighted by Gasteiger charge is 2.17. The summed E-state index contributed by atoms with van der Waals surface area (Å²) >= 11 is 0. The highest BCUT2D eigenvalue weighted by molar-refractivity contribution is 5.27. The van der Waals surface area contributed by atoms with Gasteiger partial charge in [0.05, 0.1) is 5.69 Å². The normalized spacial score (nSPS) is 19.0. The predicted octanol–water partition coefficient (Wildman–Crippen LogP) is 2.45. The first-order valence-electron chi connectivity index (χ1n) is 7.88. The molecule has 0 unspecified atom stereocenters. The van der Waals surface area contributed by atoms with Crippen molar-refractivity contribution >= 4 is 0 Å². The number of benzene rings is 1. The molecule has 1 aliphatic rings. The number of aromatic nitrogens is 1. The van der Waals surface area contributed by atoms with Crippen molar-refractivity contribution in [3.8, 4) is 5.75 Å². The summed E-state index contributed by atoms with van der Waals surface area (Å²) in [7, 11) is 0. The van der Waals surface area contributed by atoms with E-state index in [1.54, 1.807) is 6.20 Å². The van der Waals surface area contributed by atoms with Gasteiger partial charge in [-0.1, -0.05) is 18.2 Å². The molecule has 1 aromatic heterocycles. The summed E-state index contributed by atoms with van der Waals surface area (Å²) in [6.07, 6.45) is 1.79. The van der Waals surface area contributed by atoms with Crippen molar-refractivity contribution in [1.82, 2.24) is 15.2 Å². The first-order valence-corrected chi connectivity index (χ1v) is 7.88. The van der Waals surface area contributed by atoms with Crippen LogP contribution in [0, 0.1) is 0 Å². The van der Waals surface area contributed by atoms with E-state index in [-0.39, 0.29) is 0 Å². The number of ether oxygens (including phenoxy) is 1. The lowest BCUT2D eigenvalue weighted by molar-refractivity contribution is 0.165. The molecule has 1 aromatic carbocycles. The molecule has 0 spiro atoms. The molecule has 4 heteroatoms. The Morgan fingerprint density at radius 3 is 2.82 bits per heavy atom. The summed E-state index contributed by atoms with van der Waals surface area (Å²) < 4.78 is 5.77. The molecule has 4 nitrogen and oxygen atoms in total. The molecule has 1 atom stereocenters. The number of piperazine rings is 1. The fraction of sp³-hybridized carbons (Fsp3) is 0.389. The number of pyridine rings is 1. The third-order valence-electron chi connectivity index (χ3n) is 4.06. The van der Waals surface area contributed by atoms with Crippen molar-refractivity contribution in [3.63, 3.8) is 0 Å². The Morgan fingerprint density at radius 2 is 2.09 bits per heavy atom. The van der Waals surface area contributed by atoms with Crippen LogP contribution in [0.5, 0.6) is 5.75 Å². The van der Waals surface area contributed by atoms with Crippen LogP contribution in [0.2, 0.25) is 0 Å². The largest absolute Gasteiger partial charge is 0.487 e. The molecule has 0 bridgehead atoms. The molecular formula is C18H23N3O. The Kier molecular flexibility index (Phi) is 5.03. The van der Waals surface area contributed by atoms with Crippen LogP contribution in [0.1, 0.15) is 18.2 Å². The third kappa shape index (κ3) is 4.06. The summed E-state index contributed by atoms with van der Waals surface area (Å²) in [5.74, 6) is 0.891. The lowest BCUT2D eigenvalue weighted by Crippen LogP contribution is -2.49. The Morgan fingerprint density at radius 1 is 1.23 bits per heavy atom. The van der Waals surface area contributed by atoms with E-state index in [9.17, 15) is 0 Å². The highest BCUT2D eigenvalue weighted by Crippen LogP contribution is 2.16. The van der Waals surface area contributed by atoms with E-state index >= 15 is 0 Å². The summed E-state index contributed by atoms with van der Waals surface area (Å²) in [6.45, 7) is 7.05. The maximum Gasteiger partial charge on any atom is 0.130 e. The predicted molar refractivity (Wildman–Crippen MR) is 87.8 cm³/mol. The Hall–Kier alpha value is -1.91. The van der Waals surface area contributed by atoms with Gasteiger partial charge in [-0.15, -0.1) is 0 Å². The lowest BCUT2D eigenvalue weighted by atomic mass is 10.1. The van der Waals surface area contributed by atoms with Crippen LogP contribution in [0.15, 0.2) is 48.7 Å². The highest BCUT2D eigenvalue weighted by atomic mass is 16.5. The smallest absolute Gasteiger partial charge is 0.130 e. The van der Waals surface area contributed by atoms with Gasteiger partial charge in [0.1, 0.15) is 12.4 Å². The molecule has 1 fully saturated rings. The number of nitrogens with zero attached hydrogens (tertiary/aromatic N) is 2. The van der Waals surface area contributed by atoms with E-state index < -0.39 is 0 Å². The molecule has 0 saturated carbocycles. The molecular weight excluding hydrogens is 274 g/mol. The number of hydrogen-bond acceptors (Lipinski definition) is 4. The maximum atomic E-state index is 5.77. The first kappa shape index (κ1) is 15.0. The number of hydrogen-bond donors (Lipinski definition) is 1. The second kappa shape index (κ2) is 7.38. The van der Waals surface area contributed by atoms with Crippen molar-refractivity contribution in [2.45, 2.75) is 26.1 Å². The van der Waals surface area contributed by atoms with Crippen molar-refractivity contribution < 1.29 is 4.74 Å². The van der Waals surface area contributed by atoms with Crippen LogP contribution in [-0.4, -0.2) is 35.6 Å². The van der Waals surface area contributed by atoms with Gasteiger partial charge in [0, 0.05) is 38.4 Å². The van der Waals surface area contributed by atoms with Crippen LogP contribution in [-0.2, 0) is 13.2 Å². The summed E-state index contributed by atoms with van der Waals surface area (Å²) in [5.41, 5.74) is 2.28. The molecule has 116 valence electrons. The van der Waals surface area contributed by atoms with E-state index in [4.69, 9.17) is 4.74 Å². The molecule has 2 aromatic rings. The van der Waals surface area contributed by atoms with E-state index in [2.05, 4.69) is 34.3 Å². The second-order valence-electron chi connectivity index (χ2n) is 5.78. The van der Waals surface area contributed by atoms with Crippen LogP contribution in [0.3, 0.4) is 0 Å². The van der Waals surface area contributed by atoms with E-state index in [1.165, 1.54) is 5.56 Å². The zero-order valence-electron chi connectivity index (χ0n) is 13.0. The molecule has 0 aliphatic carbocycles. The molecule has 3 rings (SSSR count). The zero-order chi connectivity index (χ0) is 15.2. The minimum Gasteiger partial charge on any atom is -0.487 e. The SMILES string of the molecule is C[C@H]1CNCCN1Cc1ccc(OCc2ccccn2)cc1. The molecule has 0 radical (unpaired) electrons. The van der Waals surface area contributed by atoms with Crippen LogP contribution in [0.25, 0.3) is 0 Å². The average Bonchev–Trinajstić information content (AvgIpc) is 2.57. The summed E-state index contributed by atoms with van der Waals surface area (Å²) in [5, 5.41) is 3.42. The fourth-order valence-electron chi connectivity index (χ4n) is 2.68.